The summed E-state index contributed by atoms with van der Waals surface area (Å²) >= 11 is 5.04. The smallest absolute Gasteiger partial charge is 0.358 e. The molecule has 5 aromatic rings. The average molecular weight is 601 g/mol. The fourth-order valence-corrected chi connectivity index (χ4v) is 6.71. The van der Waals surface area contributed by atoms with E-state index >= 15 is 0 Å². The number of fused-ring (bicyclic) bond motifs is 1. The van der Waals surface area contributed by atoms with Gasteiger partial charge in [-0.25, -0.2) is 15.0 Å². The summed E-state index contributed by atoms with van der Waals surface area (Å²) in [4.78, 5) is 29.6. The zero-order valence-electron chi connectivity index (χ0n) is 21.1. The summed E-state index contributed by atoms with van der Waals surface area (Å²) < 4.78 is 3.30. The van der Waals surface area contributed by atoms with Gasteiger partial charge in [-0.2, -0.15) is 0 Å². The molecule has 5 rings (SSSR count). The van der Waals surface area contributed by atoms with E-state index in [4.69, 9.17) is 0 Å². The van der Waals surface area contributed by atoms with Crippen LogP contribution >= 0.6 is 47.7 Å². The van der Waals surface area contributed by atoms with E-state index in [9.17, 15) is 10.1 Å². The molecule has 0 aliphatic heterocycles. The normalized spacial score (nSPS) is 11.0. The zero-order valence-corrected chi connectivity index (χ0v) is 24.4. The average Bonchev–Trinajstić information content (AvgIpc) is 3.56. The molecule has 0 fully saturated rings. The Kier molecular flexibility index (Phi) is 9.83. The lowest BCUT2D eigenvalue weighted by molar-refractivity contribution is -0.391. The molecule has 5 heterocycles. The highest BCUT2D eigenvalue weighted by Gasteiger charge is 2.16. The van der Waals surface area contributed by atoms with Crippen LogP contribution in [0.3, 0.4) is 0 Å². The molecule has 5 aromatic heterocycles. The SMILES string of the molecule is Cc1cccnc1-n1ccnc1SCc1nccc(SCCCSc2ccc3ncc([N+](=O)[O-])n3n2)c1C.Cl. The van der Waals surface area contributed by atoms with Crippen LogP contribution < -0.4 is 0 Å². The van der Waals surface area contributed by atoms with Crippen LogP contribution in [0.1, 0.15) is 23.2 Å². The molecule has 202 valence electrons. The molecule has 14 heteroatoms. The predicted molar refractivity (Wildman–Crippen MR) is 158 cm³/mol. The molecule has 0 aliphatic rings. The molecule has 0 saturated heterocycles. The van der Waals surface area contributed by atoms with Crippen molar-refractivity contribution in [3.8, 4) is 5.82 Å². The van der Waals surface area contributed by atoms with Crippen LogP contribution in [0.25, 0.3) is 11.5 Å². The van der Waals surface area contributed by atoms with E-state index < -0.39 is 4.92 Å². The number of aryl methyl sites for hydroxylation is 1. The molecule has 0 spiro atoms. The van der Waals surface area contributed by atoms with Gasteiger partial charge in [0.25, 0.3) is 0 Å². The van der Waals surface area contributed by atoms with Gasteiger partial charge in [-0.15, -0.1) is 35.9 Å². The first-order valence-corrected chi connectivity index (χ1v) is 14.7. The van der Waals surface area contributed by atoms with Gasteiger partial charge >= 0.3 is 5.82 Å². The number of halogens is 1. The minimum Gasteiger partial charge on any atom is -0.358 e. The first kappa shape index (κ1) is 28.9. The van der Waals surface area contributed by atoms with Gasteiger partial charge in [-0.1, -0.05) is 27.4 Å². The van der Waals surface area contributed by atoms with E-state index in [0.29, 0.717) is 11.4 Å². The van der Waals surface area contributed by atoms with Crippen molar-refractivity contribution >= 4 is 59.2 Å². The largest absolute Gasteiger partial charge is 0.368 e. The highest BCUT2D eigenvalue weighted by molar-refractivity contribution is 8.00. The Labute approximate surface area is 244 Å². The number of hydrogen-bond acceptors (Lipinski definition) is 10. The van der Waals surface area contributed by atoms with Crippen LogP contribution in [0.2, 0.25) is 0 Å². The van der Waals surface area contributed by atoms with Gasteiger partial charge in [0, 0.05) is 47.3 Å². The van der Waals surface area contributed by atoms with Crippen LogP contribution in [-0.4, -0.2) is 50.5 Å². The van der Waals surface area contributed by atoms with Gasteiger partial charge in [0.05, 0.1) is 5.69 Å². The maximum absolute atomic E-state index is 11.1. The quantitative estimate of drug-likeness (QED) is 0.0748. The van der Waals surface area contributed by atoms with Crippen molar-refractivity contribution in [1.82, 2.24) is 34.1 Å². The van der Waals surface area contributed by atoms with Gasteiger partial charge < -0.3 is 10.1 Å². The van der Waals surface area contributed by atoms with E-state index in [1.807, 2.05) is 53.8 Å². The first-order valence-electron chi connectivity index (χ1n) is 11.8. The molecule has 0 amide bonds. The van der Waals surface area contributed by atoms with E-state index in [1.165, 1.54) is 21.2 Å². The molecule has 39 heavy (non-hydrogen) atoms. The fraction of sp³-hybridized carbons (Fsp3) is 0.240. The second kappa shape index (κ2) is 13.3. The second-order valence-corrected chi connectivity index (χ2v) is 11.5. The third kappa shape index (κ3) is 6.72. The molecular weight excluding hydrogens is 576 g/mol. The standard InChI is InChI=1S/C25H24N8O2S3.ClH/c1-17-5-3-9-27-24(17)31-12-11-28-25(31)38-16-19-18(2)20(8-10-26-19)36-13-4-14-37-22-7-6-21-29-15-23(33(34)35)32(21)30-22;/h3,5-12,15H,4,13-14,16H2,1-2H3;1H. The van der Waals surface area contributed by atoms with Crippen molar-refractivity contribution in [1.29, 1.82) is 0 Å². The first-order chi connectivity index (χ1) is 18.5. The number of thioether (sulfide) groups is 3. The Morgan fingerprint density at radius 1 is 0.949 bits per heavy atom. The van der Waals surface area contributed by atoms with Crippen LogP contribution in [0, 0.1) is 24.0 Å². The molecule has 0 saturated carbocycles. The minimum atomic E-state index is -0.475. The molecular formula is C25H25ClN8O2S3. The van der Waals surface area contributed by atoms with Crippen molar-refractivity contribution < 1.29 is 4.92 Å². The van der Waals surface area contributed by atoms with Gasteiger partial charge in [0.15, 0.2) is 5.16 Å². The maximum atomic E-state index is 11.1. The van der Waals surface area contributed by atoms with Crippen molar-refractivity contribution in [3.63, 3.8) is 0 Å². The van der Waals surface area contributed by atoms with Gasteiger partial charge in [0.2, 0.25) is 5.65 Å². The van der Waals surface area contributed by atoms with E-state index in [-0.39, 0.29) is 18.2 Å². The van der Waals surface area contributed by atoms with Gasteiger partial charge in [0.1, 0.15) is 17.0 Å². The minimum absolute atomic E-state index is 0. The van der Waals surface area contributed by atoms with Crippen LogP contribution in [0.5, 0.6) is 0 Å². The number of nitrogens with zero attached hydrogens (tertiary/aromatic N) is 8. The van der Waals surface area contributed by atoms with E-state index in [0.717, 1.165) is 45.2 Å². The van der Waals surface area contributed by atoms with Crippen molar-refractivity contribution in [2.45, 2.75) is 41.1 Å². The monoisotopic (exact) mass is 600 g/mol. The highest BCUT2D eigenvalue weighted by Crippen LogP contribution is 2.30. The summed E-state index contributed by atoms with van der Waals surface area (Å²) in [6.45, 7) is 4.16. The second-order valence-electron chi connectivity index (χ2n) is 8.26. The lowest BCUT2D eigenvalue weighted by atomic mass is 10.2. The molecule has 0 aliphatic carbocycles. The van der Waals surface area contributed by atoms with Crippen molar-refractivity contribution in [2.24, 2.45) is 0 Å². The lowest BCUT2D eigenvalue weighted by Gasteiger charge is -2.11. The topological polar surface area (TPSA) is 117 Å². The lowest BCUT2D eigenvalue weighted by Crippen LogP contribution is -2.01. The Balaban J connectivity index is 0.00000353. The maximum Gasteiger partial charge on any atom is 0.368 e. The summed E-state index contributed by atoms with van der Waals surface area (Å²) in [7, 11) is 0. The molecule has 0 aromatic carbocycles. The van der Waals surface area contributed by atoms with Crippen LogP contribution in [0.15, 0.2) is 76.4 Å². The molecule has 0 bridgehead atoms. The number of nitro groups is 1. The molecule has 0 unspecified atom stereocenters. The third-order valence-corrected chi connectivity index (χ3v) is 8.95. The van der Waals surface area contributed by atoms with Crippen molar-refractivity contribution in [2.75, 3.05) is 11.5 Å². The predicted octanol–water partition coefficient (Wildman–Crippen LogP) is 6.22. The number of hydrogen-bond donors (Lipinski definition) is 0. The molecule has 0 atom stereocenters. The van der Waals surface area contributed by atoms with Crippen LogP contribution in [-0.2, 0) is 5.75 Å². The molecule has 10 nitrogen and oxygen atoms in total. The number of aromatic nitrogens is 7. The van der Waals surface area contributed by atoms with Gasteiger partial charge in [-0.05, 0) is 60.3 Å². The summed E-state index contributed by atoms with van der Waals surface area (Å²) in [6, 6.07) is 9.64. The zero-order chi connectivity index (χ0) is 26.5. The Hall–Kier alpha value is -3.13. The Bertz CT molecular complexity index is 1590. The number of pyridine rings is 2. The Morgan fingerprint density at radius 3 is 2.62 bits per heavy atom. The molecule has 0 radical (unpaired) electrons. The highest BCUT2D eigenvalue weighted by atomic mass is 35.5. The summed E-state index contributed by atoms with van der Waals surface area (Å²) in [5, 5.41) is 17.1. The van der Waals surface area contributed by atoms with E-state index in [2.05, 4.69) is 38.0 Å². The number of rotatable bonds is 11. The summed E-state index contributed by atoms with van der Waals surface area (Å²) in [5.41, 5.74) is 3.79. The summed E-state index contributed by atoms with van der Waals surface area (Å²) in [5.74, 6) is 3.28. The molecule has 0 N–H and O–H groups in total. The van der Waals surface area contributed by atoms with E-state index in [1.54, 1.807) is 42.0 Å². The third-order valence-electron chi connectivity index (χ3n) is 5.72. The van der Waals surface area contributed by atoms with Crippen molar-refractivity contribution in [3.05, 3.63) is 88.3 Å². The fourth-order valence-electron chi connectivity index (χ4n) is 3.74. The summed E-state index contributed by atoms with van der Waals surface area (Å²) in [6.07, 6.45) is 9.59. The van der Waals surface area contributed by atoms with Crippen LogP contribution in [0.4, 0.5) is 5.82 Å². The Morgan fingerprint density at radius 2 is 1.79 bits per heavy atom. The number of imidazole rings is 2. The van der Waals surface area contributed by atoms with Gasteiger partial charge in [-0.3, -0.25) is 9.55 Å².